The molecule has 3 fully saturated rings. The smallest absolute Gasteiger partial charge is 0.227 e. The molecule has 118 valence electrons. The molecule has 2 saturated heterocycles. The summed E-state index contributed by atoms with van der Waals surface area (Å²) in [5.41, 5.74) is 0.572. The number of sulfonamides is 1. The number of rotatable bonds is 3. The topological polar surface area (TPSA) is 70.6 Å². The highest BCUT2D eigenvalue weighted by atomic mass is 32.2. The first-order valence-electron chi connectivity index (χ1n) is 7.70. The van der Waals surface area contributed by atoms with Gasteiger partial charge in [-0.1, -0.05) is 0 Å². The molecule has 0 radical (unpaired) electrons. The zero-order valence-corrected chi connectivity index (χ0v) is 13.1. The second-order valence-electron chi connectivity index (χ2n) is 6.70. The van der Waals surface area contributed by atoms with Gasteiger partial charge >= 0.3 is 0 Å². The van der Waals surface area contributed by atoms with Crippen molar-refractivity contribution in [2.24, 2.45) is 5.41 Å². The van der Waals surface area contributed by atoms with Gasteiger partial charge in [-0.25, -0.2) is 12.7 Å². The minimum atomic E-state index is -3.14. The van der Waals surface area contributed by atoms with Crippen LogP contribution in [-0.4, -0.2) is 48.5 Å². The van der Waals surface area contributed by atoms with E-state index >= 15 is 0 Å². The van der Waals surface area contributed by atoms with Crippen molar-refractivity contribution in [3.05, 3.63) is 24.5 Å². The second-order valence-corrected chi connectivity index (χ2v) is 8.91. The lowest BCUT2D eigenvalue weighted by atomic mass is 9.86. The maximum Gasteiger partial charge on any atom is 0.227 e. The van der Waals surface area contributed by atoms with Crippen LogP contribution >= 0.6 is 0 Å². The van der Waals surface area contributed by atoms with Crippen molar-refractivity contribution in [1.82, 2.24) is 9.29 Å². The number of hydrogen-bond donors (Lipinski definition) is 0. The van der Waals surface area contributed by atoms with Gasteiger partial charge < -0.3 is 4.90 Å². The molecule has 1 aromatic heterocycles. The molecule has 2 aliphatic heterocycles. The average Bonchev–Trinajstić information content (AvgIpc) is 3.22. The van der Waals surface area contributed by atoms with Gasteiger partial charge in [0.25, 0.3) is 0 Å². The quantitative estimate of drug-likeness (QED) is 0.833. The molecule has 0 aromatic carbocycles. The molecule has 1 aliphatic carbocycles. The maximum absolute atomic E-state index is 12.4. The molecule has 3 aliphatic rings. The van der Waals surface area contributed by atoms with Crippen LogP contribution in [0.15, 0.2) is 24.5 Å². The van der Waals surface area contributed by atoms with Crippen molar-refractivity contribution in [2.75, 3.05) is 24.5 Å². The Kier molecular flexibility index (Phi) is 3.06. The molecule has 4 rings (SSSR count). The second kappa shape index (κ2) is 4.76. The van der Waals surface area contributed by atoms with Crippen LogP contribution in [0.2, 0.25) is 0 Å². The molecule has 3 heterocycles. The Hall–Kier alpha value is -1.47. The first-order valence-corrected chi connectivity index (χ1v) is 9.20. The van der Waals surface area contributed by atoms with Crippen LogP contribution in [0.4, 0.5) is 5.69 Å². The van der Waals surface area contributed by atoms with Crippen LogP contribution in [0, 0.1) is 5.41 Å². The molecule has 22 heavy (non-hydrogen) atoms. The molecule has 7 heteroatoms. The van der Waals surface area contributed by atoms with Gasteiger partial charge in [0.15, 0.2) is 0 Å². The third-order valence-corrected chi connectivity index (χ3v) is 7.33. The minimum Gasteiger partial charge on any atom is -0.310 e. The van der Waals surface area contributed by atoms with Gasteiger partial charge in [0.05, 0.1) is 17.1 Å². The predicted molar refractivity (Wildman–Crippen MR) is 81.8 cm³/mol. The lowest BCUT2D eigenvalue weighted by Crippen LogP contribution is -2.35. The maximum atomic E-state index is 12.4. The van der Waals surface area contributed by atoms with Crippen molar-refractivity contribution < 1.29 is 13.2 Å². The van der Waals surface area contributed by atoms with E-state index in [9.17, 15) is 13.2 Å². The fourth-order valence-corrected chi connectivity index (χ4v) is 5.56. The van der Waals surface area contributed by atoms with Gasteiger partial charge in [0.2, 0.25) is 15.9 Å². The summed E-state index contributed by atoms with van der Waals surface area (Å²) in [6.07, 6.45) is 6.13. The van der Waals surface area contributed by atoms with Crippen LogP contribution in [0.3, 0.4) is 0 Å². The van der Waals surface area contributed by atoms with Crippen LogP contribution in [0.1, 0.15) is 25.7 Å². The van der Waals surface area contributed by atoms with E-state index in [4.69, 9.17) is 0 Å². The molecular formula is C15H19N3O3S. The van der Waals surface area contributed by atoms with E-state index in [1.165, 1.54) is 0 Å². The highest BCUT2D eigenvalue weighted by molar-refractivity contribution is 7.90. The summed E-state index contributed by atoms with van der Waals surface area (Å²) in [7, 11) is -3.14. The van der Waals surface area contributed by atoms with Crippen molar-refractivity contribution in [3.8, 4) is 0 Å². The highest BCUT2D eigenvalue weighted by Gasteiger charge is 2.52. The molecule has 1 atom stereocenters. The zero-order valence-electron chi connectivity index (χ0n) is 12.3. The molecule has 1 saturated carbocycles. The van der Waals surface area contributed by atoms with E-state index in [0.717, 1.165) is 24.9 Å². The van der Waals surface area contributed by atoms with E-state index in [1.54, 1.807) is 21.6 Å². The van der Waals surface area contributed by atoms with Crippen LogP contribution < -0.4 is 4.90 Å². The number of nitrogens with zero attached hydrogens (tertiary/aromatic N) is 3. The van der Waals surface area contributed by atoms with Crippen molar-refractivity contribution in [2.45, 2.75) is 30.9 Å². The van der Waals surface area contributed by atoms with Gasteiger partial charge in [0.1, 0.15) is 0 Å². The van der Waals surface area contributed by atoms with Crippen molar-refractivity contribution >= 4 is 21.6 Å². The van der Waals surface area contributed by atoms with Gasteiger partial charge in [-0.15, -0.1) is 0 Å². The molecule has 1 spiro atoms. The first kappa shape index (κ1) is 14.1. The van der Waals surface area contributed by atoms with E-state index in [-0.39, 0.29) is 16.6 Å². The molecule has 1 amide bonds. The first-order chi connectivity index (χ1) is 10.5. The molecule has 1 aromatic rings. The van der Waals surface area contributed by atoms with E-state index in [2.05, 4.69) is 4.98 Å². The Morgan fingerprint density at radius 3 is 2.77 bits per heavy atom. The molecule has 0 bridgehead atoms. The van der Waals surface area contributed by atoms with Gasteiger partial charge in [-0.3, -0.25) is 9.78 Å². The molecule has 0 N–H and O–H groups in total. The number of amides is 1. The monoisotopic (exact) mass is 321 g/mol. The van der Waals surface area contributed by atoms with Gasteiger partial charge in [0, 0.05) is 37.7 Å². The standard InChI is InChI=1S/C15H19N3O3S/c19-14-8-15(11-18(14)12-2-1-6-16-9-12)5-7-17(10-15)22(20,21)13-3-4-13/h1-2,6,9,13H,3-5,7-8,10-11H2/t15-/m0/s1. The Morgan fingerprint density at radius 2 is 2.09 bits per heavy atom. The number of aromatic nitrogens is 1. The SMILES string of the molecule is O=C1C[C@]2(CCN(S(=O)(=O)C3CC3)C2)CN1c1cccnc1. The lowest BCUT2D eigenvalue weighted by molar-refractivity contribution is -0.117. The third kappa shape index (κ3) is 2.23. The van der Waals surface area contributed by atoms with Crippen LogP contribution in [0.25, 0.3) is 0 Å². The molecule has 0 unspecified atom stereocenters. The highest BCUT2D eigenvalue weighted by Crippen LogP contribution is 2.44. The van der Waals surface area contributed by atoms with E-state index in [0.29, 0.717) is 26.1 Å². The Morgan fingerprint density at radius 1 is 1.27 bits per heavy atom. The number of hydrogen-bond acceptors (Lipinski definition) is 4. The van der Waals surface area contributed by atoms with Crippen molar-refractivity contribution in [3.63, 3.8) is 0 Å². The Balaban J connectivity index is 1.54. The van der Waals surface area contributed by atoms with Crippen LogP contribution in [0.5, 0.6) is 0 Å². The van der Waals surface area contributed by atoms with E-state index in [1.807, 2.05) is 12.1 Å². The van der Waals surface area contributed by atoms with Gasteiger partial charge in [-0.05, 0) is 31.4 Å². The summed E-state index contributed by atoms with van der Waals surface area (Å²) in [4.78, 5) is 18.2. The van der Waals surface area contributed by atoms with E-state index < -0.39 is 10.0 Å². The number of carbonyl (C=O) groups excluding carboxylic acids is 1. The zero-order chi connectivity index (χ0) is 15.4. The summed E-state index contributed by atoms with van der Waals surface area (Å²) in [6, 6.07) is 3.68. The summed E-state index contributed by atoms with van der Waals surface area (Å²) in [5, 5.41) is -0.172. The Labute approximate surface area is 130 Å². The number of pyridine rings is 1. The normalized spacial score (nSPS) is 29.6. The van der Waals surface area contributed by atoms with Gasteiger partial charge in [-0.2, -0.15) is 0 Å². The van der Waals surface area contributed by atoms with Crippen LogP contribution in [-0.2, 0) is 14.8 Å². The number of carbonyl (C=O) groups is 1. The minimum absolute atomic E-state index is 0.0682. The predicted octanol–water partition coefficient (Wildman–Crippen LogP) is 1.00. The number of anilines is 1. The lowest BCUT2D eigenvalue weighted by Gasteiger charge is -2.24. The summed E-state index contributed by atoms with van der Waals surface area (Å²) >= 11 is 0. The fourth-order valence-electron chi connectivity index (χ4n) is 3.61. The van der Waals surface area contributed by atoms with Crippen molar-refractivity contribution in [1.29, 1.82) is 0 Å². The summed E-state index contributed by atoms with van der Waals surface area (Å²) in [5.74, 6) is 0.0682. The molecular weight excluding hydrogens is 302 g/mol. The largest absolute Gasteiger partial charge is 0.310 e. The summed E-state index contributed by atoms with van der Waals surface area (Å²) < 4.78 is 26.4. The molecule has 6 nitrogen and oxygen atoms in total. The fraction of sp³-hybridized carbons (Fsp3) is 0.600. The average molecular weight is 321 g/mol. The Bertz CT molecular complexity index is 702. The summed E-state index contributed by atoms with van der Waals surface area (Å²) in [6.45, 7) is 1.62. The third-order valence-electron chi connectivity index (χ3n) is 4.99.